The lowest BCUT2D eigenvalue weighted by atomic mass is 9.91. The van der Waals surface area contributed by atoms with Gasteiger partial charge in [-0.1, -0.05) is 0 Å². The van der Waals surface area contributed by atoms with Crippen LogP contribution in [0.1, 0.15) is 31.4 Å². The van der Waals surface area contributed by atoms with E-state index in [0.717, 1.165) is 43.1 Å². The van der Waals surface area contributed by atoms with Gasteiger partial charge in [0.05, 0.1) is 6.20 Å². The largest absolute Gasteiger partial charge is 0.433 e. The summed E-state index contributed by atoms with van der Waals surface area (Å²) in [5.41, 5.74) is 0.0629. The number of aromatic nitrogens is 6. The lowest BCUT2D eigenvalue weighted by Crippen LogP contribution is -2.35. The maximum atomic E-state index is 13.3. The van der Waals surface area contributed by atoms with Gasteiger partial charge < -0.3 is 10.6 Å². The summed E-state index contributed by atoms with van der Waals surface area (Å²) in [5, 5.41) is 15.2. The monoisotopic (exact) mass is 494 g/mol. The molecule has 4 heterocycles. The van der Waals surface area contributed by atoms with Crippen molar-refractivity contribution >= 4 is 38.7 Å². The van der Waals surface area contributed by atoms with E-state index in [4.69, 9.17) is 0 Å². The molecule has 5 rings (SSSR count). The summed E-state index contributed by atoms with van der Waals surface area (Å²) in [6, 6.07) is 4.46. The van der Waals surface area contributed by atoms with Crippen molar-refractivity contribution in [3.63, 3.8) is 0 Å². The first-order chi connectivity index (χ1) is 14.9. The van der Waals surface area contributed by atoms with Gasteiger partial charge in [-0.15, -0.1) is 0 Å². The van der Waals surface area contributed by atoms with Crippen molar-refractivity contribution in [2.75, 3.05) is 10.6 Å². The number of anilines is 2. The predicted octanol–water partition coefficient (Wildman–Crippen LogP) is 4.39. The van der Waals surface area contributed by atoms with Gasteiger partial charge >= 0.3 is 6.18 Å². The molecule has 31 heavy (non-hydrogen) atoms. The molecule has 2 atom stereocenters. The van der Waals surface area contributed by atoms with Crippen LogP contribution in [0.5, 0.6) is 0 Å². The van der Waals surface area contributed by atoms with Crippen molar-refractivity contribution in [2.24, 2.45) is 0 Å². The molecule has 0 aromatic carbocycles. The maximum absolute atomic E-state index is 13.3. The quantitative estimate of drug-likeness (QED) is 0.437. The minimum atomic E-state index is -4.54. The average molecular weight is 495 g/mol. The molecule has 0 bridgehead atoms. The number of rotatable bonds is 4. The molecule has 0 radical (unpaired) electrons. The molecule has 162 valence electrons. The van der Waals surface area contributed by atoms with E-state index in [0.29, 0.717) is 4.60 Å². The van der Waals surface area contributed by atoms with E-state index < -0.39 is 11.9 Å². The van der Waals surface area contributed by atoms with Crippen LogP contribution in [0.3, 0.4) is 0 Å². The van der Waals surface area contributed by atoms with Gasteiger partial charge in [0.1, 0.15) is 15.9 Å². The summed E-state index contributed by atoms with van der Waals surface area (Å²) < 4.78 is 43.6. The average Bonchev–Trinajstić information content (AvgIpc) is 3.34. The van der Waals surface area contributed by atoms with Crippen LogP contribution in [-0.2, 0) is 6.18 Å². The Bertz CT molecular complexity index is 1230. The van der Waals surface area contributed by atoms with Gasteiger partial charge in [0.25, 0.3) is 0 Å². The van der Waals surface area contributed by atoms with Gasteiger partial charge in [-0.3, -0.25) is 0 Å². The van der Waals surface area contributed by atoms with E-state index in [1.54, 1.807) is 23.1 Å². The molecule has 2 N–H and O–H groups in total. The molecular formula is C19H18BrF3N8. The molecule has 4 aromatic rings. The summed E-state index contributed by atoms with van der Waals surface area (Å²) >= 11 is 3.22. The molecule has 12 heteroatoms. The van der Waals surface area contributed by atoms with Gasteiger partial charge in [-0.05, 0) is 47.7 Å². The summed E-state index contributed by atoms with van der Waals surface area (Å²) in [5.74, 6) is 1.01. The van der Waals surface area contributed by atoms with Crippen molar-refractivity contribution in [2.45, 2.75) is 43.9 Å². The third-order valence-corrected chi connectivity index (χ3v) is 5.77. The van der Waals surface area contributed by atoms with E-state index in [-0.39, 0.29) is 23.5 Å². The molecule has 0 spiro atoms. The van der Waals surface area contributed by atoms with Crippen LogP contribution in [0.15, 0.2) is 41.4 Å². The summed E-state index contributed by atoms with van der Waals surface area (Å²) in [4.78, 5) is 8.11. The van der Waals surface area contributed by atoms with Crippen molar-refractivity contribution < 1.29 is 13.2 Å². The standard InChI is InChI=1S/C19H18BrF3N8/c20-15-10-17-28-14(19(21,22)23)9-16(31(17)29-15)26-11-2-1-3-12(8-11)27-18-13-4-5-25-30(13)7-6-24-18/h4-7,9-12,26H,1-3,8H2,(H,24,27). The van der Waals surface area contributed by atoms with E-state index in [2.05, 4.69) is 46.7 Å². The molecule has 1 aliphatic rings. The second-order valence-electron chi connectivity index (χ2n) is 7.55. The fourth-order valence-electron chi connectivity index (χ4n) is 4.02. The zero-order chi connectivity index (χ0) is 21.6. The molecule has 8 nitrogen and oxygen atoms in total. The van der Waals surface area contributed by atoms with Gasteiger partial charge in [0, 0.05) is 36.6 Å². The molecule has 1 saturated carbocycles. The Morgan fingerprint density at radius 1 is 1.10 bits per heavy atom. The number of nitrogens with one attached hydrogen (secondary N) is 2. The second-order valence-corrected chi connectivity index (χ2v) is 8.36. The Balaban J connectivity index is 1.38. The van der Waals surface area contributed by atoms with Crippen molar-refractivity contribution in [1.29, 1.82) is 0 Å². The Kier molecular flexibility index (Phi) is 4.95. The van der Waals surface area contributed by atoms with Crippen molar-refractivity contribution in [1.82, 2.24) is 29.2 Å². The molecule has 4 aromatic heterocycles. The SMILES string of the molecule is FC(F)(F)c1cc(NC2CCCC(Nc3nccn4nccc34)C2)n2nc(Br)cc2n1. The van der Waals surface area contributed by atoms with E-state index in [9.17, 15) is 13.2 Å². The Labute approximate surface area is 183 Å². The third kappa shape index (κ3) is 4.03. The summed E-state index contributed by atoms with van der Waals surface area (Å²) in [6.07, 6.45) is 4.08. The van der Waals surface area contributed by atoms with E-state index >= 15 is 0 Å². The van der Waals surface area contributed by atoms with Crippen LogP contribution in [0.25, 0.3) is 11.2 Å². The number of nitrogens with zero attached hydrogens (tertiary/aromatic N) is 6. The van der Waals surface area contributed by atoms with E-state index in [1.807, 2.05) is 6.07 Å². The number of halogens is 4. The van der Waals surface area contributed by atoms with Crippen LogP contribution >= 0.6 is 15.9 Å². The highest BCUT2D eigenvalue weighted by molar-refractivity contribution is 9.10. The first-order valence-electron chi connectivity index (χ1n) is 9.82. The topological polar surface area (TPSA) is 84.4 Å². The highest BCUT2D eigenvalue weighted by Crippen LogP contribution is 2.32. The van der Waals surface area contributed by atoms with Crippen LogP contribution in [-0.4, -0.2) is 41.3 Å². The first kappa shape index (κ1) is 20.0. The minimum absolute atomic E-state index is 0.0226. The van der Waals surface area contributed by atoms with Crippen LogP contribution < -0.4 is 10.6 Å². The van der Waals surface area contributed by atoms with Gasteiger partial charge in [-0.2, -0.15) is 27.9 Å². The predicted molar refractivity (Wildman–Crippen MR) is 112 cm³/mol. The Morgan fingerprint density at radius 3 is 2.71 bits per heavy atom. The van der Waals surface area contributed by atoms with Crippen molar-refractivity contribution in [3.8, 4) is 0 Å². The smallest absolute Gasteiger partial charge is 0.367 e. The molecule has 0 saturated heterocycles. The van der Waals surface area contributed by atoms with Gasteiger partial charge in [-0.25, -0.2) is 14.5 Å². The maximum Gasteiger partial charge on any atom is 0.433 e. The molecule has 0 aliphatic heterocycles. The third-order valence-electron chi connectivity index (χ3n) is 5.38. The summed E-state index contributed by atoms with van der Waals surface area (Å²) in [6.45, 7) is 0. The zero-order valence-corrected chi connectivity index (χ0v) is 17.7. The van der Waals surface area contributed by atoms with Crippen LogP contribution in [0.2, 0.25) is 0 Å². The molecular weight excluding hydrogens is 477 g/mol. The van der Waals surface area contributed by atoms with Crippen LogP contribution in [0.4, 0.5) is 24.8 Å². The van der Waals surface area contributed by atoms with Gasteiger partial charge in [0.2, 0.25) is 0 Å². The first-order valence-corrected chi connectivity index (χ1v) is 10.6. The highest BCUT2D eigenvalue weighted by Gasteiger charge is 2.34. The fourth-order valence-corrected chi connectivity index (χ4v) is 4.38. The highest BCUT2D eigenvalue weighted by atomic mass is 79.9. The normalized spacial score (nSPS) is 19.7. The van der Waals surface area contributed by atoms with Gasteiger partial charge in [0.15, 0.2) is 17.2 Å². The Morgan fingerprint density at radius 2 is 1.90 bits per heavy atom. The lowest BCUT2D eigenvalue weighted by molar-refractivity contribution is -0.141. The second kappa shape index (κ2) is 7.66. The molecule has 1 fully saturated rings. The number of alkyl halides is 3. The van der Waals surface area contributed by atoms with Crippen molar-refractivity contribution in [3.05, 3.63) is 47.1 Å². The number of fused-ring (bicyclic) bond motifs is 2. The number of hydrogen-bond acceptors (Lipinski definition) is 6. The summed E-state index contributed by atoms with van der Waals surface area (Å²) in [7, 11) is 0. The molecule has 0 amide bonds. The van der Waals surface area contributed by atoms with Crippen LogP contribution in [0, 0.1) is 0 Å². The zero-order valence-electron chi connectivity index (χ0n) is 16.1. The molecule has 1 aliphatic carbocycles. The number of hydrogen-bond donors (Lipinski definition) is 2. The Hall–Kier alpha value is -2.89. The molecule has 2 unspecified atom stereocenters. The minimum Gasteiger partial charge on any atom is -0.367 e. The van der Waals surface area contributed by atoms with E-state index in [1.165, 1.54) is 10.6 Å². The lowest BCUT2D eigenvalue weighted by Gasteiger charge is -2.31. The fraction of sp³-hybridized carbons (Fsp3) is 0.368.